The zero-order valence-corrected chi connectivity index (χ0v) is 9.63. The second-order valence-electron chi connectivity index (χ2n) is 4.34. The van der Waals surface area contributed by atoms with E-state index in [-0.39, 0.29) is 12.1 Å². The minimum Gasteiger partial charge on any atom is -0.212 e. The molecule has 4 heteroatoms. The van der Waals surface area contributed by atoms with E-state index in [1.807, 2.05) is 13.8 Å². The Labute approximate surface area is 81.2 Å². The van der Waals surface area contributed by atoms with Crippen molar-refractivity contribution in [1.29, 1.82) is 0 Å². The molecule has 1 aliphatic heterocycles. The highest BCUT2D eigenvalue weighted by molar-refractivity contribution is 7.89. The van der Waals surface area contributed by atoms with Crippen molar-refractivity contribution in [2.75, 3.05) is 5.75 Å². The maximum Gasteiger partial charge on any atom is 0.214 e. The van der Waals surface area contributed by atoms with Crippen LogP contribution in [0.3, 0.4) is 0 Å². The molecule has 0 bridgehead atoms. The number of hydrogen-bond acceptors (Lipinski definition) is 2. The van der Waals surface area contributed by atoms with Crippen LogP contribution in [0.2, 0.25) is 0 Å². The summed E-state index contributed by atoms with van der Waals surface area (Å²) in [5.74, 6) is 0.744. The second-order valence-corrected chi connectivity index (χ2v) is 6.33. The van der Waals surface area contributed by atoms with Crippen LogP contribution < -0.4 is 0 Å². The number of sulfonamides is 1. The maximum atomic E-state index is 11.6. The molecule has 1 heterocycles. The van der Waals surface area contributed by atoms with E-state index < -0.39 is 10.0 Å². The molecule has 0 aromatic carbocycles. The molecule has 0 N–H and O–H groups in total. The van der Waals surface area contributed by atoms with Crippen molar-refractivity contribution >= 4 is 10.0 Å². The molecule has 1 fully saturated rings. The van der Waals surface area contributed by atoms with E-state index >= 15 is 0 Å². The van der Waals surface area contributed by atoms with Gasteiger partial charge >= 0.3 is 0 Å². The Morgan fingerprint density at radius 3 is 2.08 bits per heavy atom. The zero-order chi connectivity index (χ0) is 10.2. The molecule has 1 unspecified atom stereocenters. The maximum absolute atomic E-state index is 11.6. The fourth-order valence-corrected chi connectivity index (χ4v) is 4.19. The van der Waals surface area contributed by atoms with Crippen molar-refractivity contribution < 1.29 is 8.42 Å². The monoisotopic (exact) mass is 205 g/mol. The van der Waals surface area contributed by atoms with Crippen molar-refractivity contribution in [1.82, 2.24) is 4.31 Å². The molecule has 1 saturated heterocycles. The van der Waals surface area contributed by atoms with Gasteiger partial charge in [0, 0.05) is 12.1 Å². The van der Waals surface area contributed by atoms with Crippen LogP contribution in [0, 0.1) is 5.92 Å². The molecule has 1 rings (SSSR count). The third-order valence-electron chi connectivity index (χ3n) is 2.60. The molecule has 0 saturated carbocycles. The van der Waals surface area contributed by atoms with Crippen LogP contribution in [0.15, 0.2) is 0 Å². The quantitative estimate of drug-likeness (QED) is 0.684. The van der Waals surface area contributed by atoms with Gasteiger partial charge in [-0.3, -0.25) is 0 Å². The van der Waals surface area contributed by atoms with Gasteiger partial charge in [-0.1, -0.05) is 13.8 Å². The predicted octanol–water partition coefficient (Wildman–Crippen LogP) is 1.45. The lowest BCUT2D eigenvalue weighted by Gasteiger charge is -2.29. The number of rotatable bonds is 2. The van der Waals surface area contributed by atoms with Gasteiger partial charge in [-0.2, -0.15) is 4.31 Å². The largest absolute Gasteiger partial charge is 0.214 e. The lowest BCUT2D eigenvalue weighted by molar-refractivity contribution is 0.240. The van der Waals surface area contributed by atoms with Crippen LogP contribution >= 0.6 is 0 Å². The Hall–Kier alpha value is -0.0900. The van der Waals surface area contributed by atoms with E-state index in [0.717, 1.165) is 6.42 Å². The van der Waals surface area contributed by atoms with Crippen molar-refractivity contribution in [3.05, 3.63) is 0 Å². The smallest absolute Gasteiger partial charge is 0.212 e. The molecule has 1 aliphatic rings. The number of hydrogen-bond donors (Lipinski definition) is 0. The average molecular weight is 205 g/mol. The molecule has 1 atom stereocenters. The molecule has 0 amide bonds. The Morgan fingerprint density at radius 2 is 1.77 bits per heavy atom. The van der Waals surface area contributed by atoms with Gasteiger partial charge < -0.3 is 0 Å². The van der Waals surface area contributed by atoms with Crippen molar-refractivity contribution in [3.8, 4) is 0 Å². The molecule has 0 aliphatic carbocycles. The van der Waals surface area contributed by atoms with Crippen LogP contribution in [-0.4, -0.2) is 30.6 Å². The van der Waals surface area contributed by atoms with Crippen molar-refractivity contribution in [3.63, 3.8) is 0 Å². The van der Waals surface area contributed by atoms with Gasteiger partial charge in [-0.25, -0.2) is 8.42 Å². The van der Waals surface area contributed by atoms with Gasteiger partial charge in [0.1, 0.15) is 0 Å². The molecule has 0 aromatic heterocycles. The summed E-state index contributed by atoms with van der Waals surface area (Å²) < 4.78 is 25.0. The summed E-state index contributed by atoms with van der Waals surface area (Å²) in [4.78, 5) is 0. The minimum atomic E-state index is -2.95. The molecule has 13 heavy (non-hydrogen) atoms. The lowest BCUT2D eigenvalue weighted by atomic mass is 10.0. The topological polar surface area (TPSA) is 37.4 Å². The van der Waals surface area contributed by atoms with E-state index in [9.17, 15) is 8.42 Å². The highest BCUT2D eigenvalue weighted by atomic mass is 32.2. The van der Waals surface area contributed by atoms with Gasteiger partial charge in [-0.15, -0.1) is 0 Å². The Bertz CT molecular complexity index is 269. The first kappa shape index (κ1) is 11.0. The van der Waals surface area contributed by atoms with Gasteiger partial charge in [0.25, 0.3) is 0 Å². The average Bonchev–Trinajstić information content (AvgIpc) is 2.24. The molecule has 0 spiro atoms. The Morgan fingerprint density at radius 1 is 1.23 bits per heavy atom. The van der Waals surface area contributed by atoms with Crippen LogP contribution in [-0.2, 0) is 10.0 Å². The van der Waals surface area contributed by atoms with E-state index in [1.54, 1.807) is 4.31 Å². The fourth-order valence-electron chi connectivity index (χ4n) is 2.04. The van der Waals surface area contributed by atoms with Crippen molar-refractivity contribution in [2.24, 2.45) is 5.92 Å². The molecule has 0 radical (unpaired) electrons. The molecular formula is C9H19NO2S. The third-order valence-corrected chi connectivity index (χ3v) is 4.68. The Balaban J connectivity index is 2.93. The third kappa shape index (κ3) is 2.05. The van der Waals surface area contributed by atoms with Gasteiger partial charge in [0.2, 0.25) is 10.0 Å². The van der Waals surface area contributed by atoms with Crippen LogP contribution in [0.1, 0.15) is 34.1 Å². The van der Waals surface area contributed by atoms with Gasteiger partial charge in [0.15, 0.2) is 0 Å². The van der Waals surface area contributed by atoms with E-state index in [0.29, 0.717) is 11.7 Å². The molecule has 0 aromatic rings. The van der Waals surface area contributed by atoms with Crippen LogP contribution in [0.5, 0.6) is 0 Å². The predicted molar refractivity (Wildman–Crippen MR) is 54.0 cm³/mol. The van der Waals surface area contributed by atoms with E-state index in [1.165, 1.54) is 0 Å². The van der Waals surface area contributed by atoms with Crippen LogP contribution in [0.25, 0.3) is 0 Å². The highest BCUT2D eigenvalue weighted by Gasteiger charge is 2.40. The SMILES string of the molecule is CC(C)C1CCS(=O)(=O)N1C(C)C. The fraction of sp³-hybridized carbons (Fsp3) is 1.00. The summed E-state index contributed by atoms with van der Waals surface area (Å²) in [6.45, 7) is 8.05. The lowest BCUT2D eigenvalue weighted by Crippen LogP contribution is -2.41. The summed E-state index contributed by atoms with van der Waals surface area (Å²) in [6, 6.07) is 0.310. The number of nitrogens with zero attached hydrogens (tertiary/aromatic N) is 1. The standard InChI is InChI=1S/C9H19NO2S/c1-7(2)9-5-6-13(11,12)10(9)8(3)4/h7-9H,5-6H2,1-4H3. The first-order chi connectivity index (χ1) is 5.86. The summed E-state index contributed by atoms with van der Waals surface area (Å²) in [5.41, 5.74) is 0. The Kier molecular flexibility index (Phi) is 3.02. The van der Waals surface area contributed by atoms with E-state index in [2.05, 4.69) is 13.8 Å². The molecular weight excluding hydrogens is 186 g/mol. The summed E-state index contributed by atoms with van der Waals surface area (Å²) >= 11 is 0. The second kappa shape index (κ2) is 3.58. The van der Waals surface area contributed by atoms with E-state index in [4.69, 9.17) is 0 Å². The highest BCUT2D eigenvalue weighted by Crippen LogP contribution is 2.28. The van der Waals surface area contributed by atoms with Crippen molar-refractivity contribution in [2.45, 2.75) is 46.2 Å². The normalized spacial score (nSPS) is 28.9. The molecule has 78 valence electrons. The van der Waals surface area contributed by atoms with Crippen LogP contribution in [0.4, 0.5) is 0 Å². The zero-order valence-electron chi connectivity index (χ0n) is 8.82. The van der Waals surface area contributed by atoms with Gasteiger partial charge in [-0.05, 0) is 26.2 Å². The first-order valence-corrected chi connectivity index (χ1v) is 6.48. The molecule has 3 nitrogen and oxygen atoms in total. The summed E-state index contributed by atoms with van der Waals surface area (Å²) in [6.07, 6.45) is 0.790. The van der Waals surface area contributed by atoms with Gasteiger partial charge in [0.05, 0.1) is 5.75 Å². The minimum absolute atomic E-state index is 0.0971. The summed E-state index contributed by atoms with van der Waals surface area (Å²) in [5, 5.41) is 0. The summed E-state index contributed by atoms with van der Waals surface area (Å²) in [7, 11) is -2.95. The first-order valence-electron chi connectivity index (χ1n) is 4.87.